The van der Waals surface area contributed by atoms with E-state index in [2.05, 4.69) is 10.0 Å². The molecule has 1 aromatic heterocycles. The van der Waals surface area contributed by atoms with Crippen LogP contribution >= 0.6 is 11.8 Å². The molecule has 0 atom stereocenters. The summed E-state index contributed by atoms with van der Waals surface area (Å²) in [6, 6.07) is 18.9. The first-order valence-electron chi connectivity index (χ1n) is 8.98. The van der Waals surface area contributed by atoms with Crippen molar-refractivity contribution < 1.29 is 17.6 Å². The number of rotatable bonds is 9. The van der Waals surface area contributed by atoms with Gasteiger partial charge in [0.2, 0.25) is 10.0 Å². The number of benzene rings is 2. The summed E-state index contributed by atoms with van der Waals surface area (Å²) in [5.41, 5.74) is 2.39. The Labute approximate surface area is 174 Å². The fourth-order valence-corrected chi connectivity index (χ4v) is 4.31. The van der Waals surface area contributed by atoms with Crippen molar-refractivity contribution in [3.8, 4) is 0 Å². The number of amides is 1. The second-order valence-electron chi connectivity index (χ2n) is 6.34. The zero-order valence-electron chi connectivity index (χ0n) is 15.9. The van der Waals surface area contributed by atoms with Gasteiger partial charge in [-0.1, -0.05) is 42.5 Å². The van der Waals surface area contributed by atoms with E-state index in [0.717, 1.165) is 16.0 Å². The Morgan fingerprint density at radius 3 is 2.38 bits per heavy atom. The maximum atomic E-state index is 12.5. The van der Waals surface area contributed by atoms with Crippen molar-refractivity contribution in [3.63, 3.8) is 0 Å². The summed E-state index contributed by atoms with van der Waals surface area (Å²) in [7, 11) is -1.92. The van der Waals surface area contributed by atoms with Gasteiger partial charge in [0.1, 0.15) is 0 Å². The number of carbonyl (C=O) groups is 1. The van der Waals surface area contributed by atoms with Crippen molar-refractivity contribution in [2.75, 3.05) is 7.05 Å². The maximum absolute atomic E-state index is 12.5. The minimum absolute atomic E-state index is 0.0784. The summed E-state index contributed by atoms with van der Waals surface area (Å²) in [6.45, 7) is 0.323. The average Bonchev–Trinajstić information content (AvgIpc) is 3.21. The van der Waals surface area contributed by atoms with Crippen LogP contribution in [0.3, 0.4) is 0 Å². The van der Waals surface area contributed by atoms with E-state index in [1.807, 2.05) is 36.4 Å². The highest BCUT2D eigenvalue weighted by Crippen LogP contribution is 2.24. The predicted octanol–water partition coefficient (Wildman–Crippen LogP) is 3.55. The van der Waals surface area contributed by atoms with Gasteiger partial charge >= 0.3 is 0 Å². The van der Waals surface area contributed by atoms with Crippen LogP contribution in [0, 0.1) is 0 Å². The third-order valence-electron chi connectivity index (χ3n) is 4.23. The van der Waals surface area contributed by atoms with Gasteiger partial charge in [0.25, 0.3) is 5.91 Å². The zero-order valence-corrected chi connectivity index (χ0v) is 17.6. The zero-order chi connectivity index (χ0) is 20.7. The topological polar surface area (TPSA) is 88.4 Å². The second kappa shape index (κ2) is 9.78. The molecule has 0 spiro atoms. The van der Waals surface area contributed by atoms with Crippen molar-refractivity contribution in [1.29, 1.82) is 0 Å². The first-order valence-corrected chi connectivity index (χ1v) is 11.6. The van der Waals surface area contributed by atoms with E-state index in [4.69, 9.17) is 4.42 Å². The van der Waals surface area contributed by atoms with Gasteiger partial charge in [0, 0.05) is 22.8 Å². The molecule has 0 saturated heterocycles. The van der Waals surface area contributed by atoms with Gasteiger partial charge in [0.15, 0.2) is 5.76 Å². The molecule has 2 aromatic carbocycles. The van der Waals surface area contributed by atoms with Crippen LogP contribution in [0.1, 0.15) is 27.2 Å². The average molecular weight is 431 g/mol. The second-order valence-corrected chi connectivity index (χ2v) is 9.31. The van der Waals surface area contributed by atoms with Crippen LogP contribution in [0.4, 0.5) is 0 Å². The molecule has 0 aliphatic carbocycles. The molecule has 1 amide bonds. The molecule has 0 radical (unpaired) electrons. The Morgan fingerprint density at radius 1 is 1.00 bits per heavy atom. The van der Waals surface area contributed by atoms with Gasteiger partial charge in [-0.05, 0) is 36.4 Å². The molecule has 0 fully saturated rings. The van der Waals surface area contributed by atoms with E-state index < -0.39 is 10.0 Å². The molecule has 0 bridgehead atoms. The molecule has 1 heterocycles. The third-order valence-corrected chi connectivity index (χ3v) is 6.63. The lowest BCUT2D eigenvalue weighted by atomic mass is 10.1. The first-order chi connectivity index (χ1) is 14.0. The molecule has 0 unspecified atom stereocenters. The summed E-state index contributed by atoms with van der Waals surface area (Å²) < 4.78 is 30.9. The summed E-state index contributed by atoms with van der Waals surface area (Å²) in [5, 5.41) is 2.85. The van der Waals surface area contributed by atoms with Crippen molar-refractivity contribution >= 4 is 27.7 Å². The van der Waals surface area contributed by atoms with Gasteiger partial charge in [-0.15, -0.1) is 11.8 Å². The summed E-state index contributed by atoms with van der Waals surface area (Å²) in [6.07, 6.45) is 1.52. The number of nitrogens with one attached hydrogen (secondary N) is 2. The lowest BCUT2D eigenvalue weighted by Gasteiger charge is -2.07. The van der Waals surface area contributed by atoms with Gasteiger partial charge in [-0.2, -0.15) is 0 Å². The Balaban J connectivity index is 1.55. The summed E-state index contributed by atoms with van der Waals surface area (Å²) >= 11 is 1.64. The molecule has 3 rings (SSSR count). The molecule has 2 N–H and O–H groups in total. The molecule has 6 nitrogen and oxygen atoms in total. The molecule has 3 aromatic rings. The van der Waals surface area contributed by atoms with Crippen LogP contribution in [-0.2, 0) is 28.1 Å². The lowest BCUT2D eigenvalue weighted by Crippen LogP contribution is -2.23. The number of furan rings is 1. The predicted molar refractivity (Wildman–Crippen MR) is 114 cm³/mol. The Hall–Kier alpha value is -2.55. The van der Waals surface area contributed by atoms with E-state index in [1.165, 1.54) is 13.3 Å². The minimum atomic E-state index is -3.31. The normalized spacial score (nSPS) is 11.3. The molecule has 29 heavy (non-hydrogen) atoms. The molecule has 0 aliphatic rings. The largest absolute Gasteiger partial charge is 0.459 e. The maximum Gasteiger partial charge on any atom is 0.287 e. The quantitative estimate of drug-likeness (QED) is 0.507. The van der Waals surface area contributed by atoms with E-state index in [9.17, 15) is 13.2 Å². The number of carbonyl (C=O) groups excluding carboxylic acids is 1. The van der Waals surface area contributed by atoms with Crippen LogP contribution in [0.25, 0.3) is 0 Å². The molecular formula is C21H22N2O4S2. The SMILES string of the molecule is CNS(=O)(=O)Cc1ccc(CNC(=O)c2occc2CSc2ccccc2)cc1. The van der Waals surface area contributed by atoms with E-state index in [1.54, 1.807) is 36.0 Å². The van der Waals surface area contributed by atoms with Gasteiger partial charge in [0.05, 0.1) is 12.0 Å². The number of hydrogen-bond acceptors (Lipinski definition) is 5. The van der Waals surface area contributed by atoms with Crippen molar-refractivity contribution in [2.45, 2.75) is 22.9 Å². The van der Waals surface area contributed by atoms with Gasteiger partial charge < -0.3 is 9.73 Å². The molecule has 0 aliphatic heterocycles. The molecule has 152 valence electrons. The van der Waals surface area contributed by atoms with E-state index >= 15 is 0 Å². The molecular weight excluding hydrogens is 408 g/mol. The first kappa shape index (κ1) is 21.2. The van der Waals surface area contributed by atoms with Crippen molar-refractivity contribution in [3.05, 3.63) is 89.4 Å². The summed E-state index contributed by atoms with van der Waals surface area (Å²) in [4.78, 5) is 13.6. The highest BCUT2D eigenvalue weighted by Gasteiger charge is 2.15. The third kappa shape index (κ3) is 6.22. The van der Waals surface area contributed by atoms with Crippen molar-refractivity contribution in [1.82, 2.24) is 10.0 Å². The van der Waals surface area contributed by atoms with Crippen molar-refractivity contribution in [2.24, 2.45) is 0 Å². The lowest BCUT2D eigenvalue weighted by molar-refractivity contribution is 0.0922. The van der Waals surface area contributed by atoms with Crippen LogP contribution in [0.2, 0.25) is 0 Å². The van der Waals surface area contributed by atoms with Gasteiger partial charge in [-0.25, -0.2) is 13.1 Å². The Kier molecular flexibility index (Phi) is 7.13. The number of hydrogen-bond donors (Lipinski definition) is 2. The van der Waals surface area contributed by atoms with E-state index in [-0.39, 0.29) is 11.7 Å². The number of thioether (sulfide) groups is 1. The molecule has 8 heteroatoms. The van der Waals surface area contributed by atoms with Crippen LogP contribution in [0.15, 0.2) is 76.2 Å². The fraction of sp³-hybridized carbons (Fsp3) is 0.190. The van der Waals surface area contributed by atoms with Crippen LogP contribution in [0.5, 0.6) is 0 Å². The number of sulfonamides is 1. The Morgan fingerprint density at radius 2 is 1.69 bits per heavy atom. The van der Waals surface area contributed by atoms with Gasteiger partial charge in [-0.3, -0.25) is 4.79 Å². The minimum Gasteiger partial charge on any atom is -0.459 e. The standard InChI is InChI=1S/C21H22N2O4S2/c1-22-29(25,26)15-17-9-7-16(8-10-17)13-23-21(24)20-18(11-12-27-20)14-28-19-5-3-2-4-6-19/h2-12,22H,13-15H2,1H3,(H,23,24). The van der Waals surface area contributed by atoms with E-state index in [0.29, 0.717) is 23.6 Å². The highest BCUT2D eigenvalue weighted by atomic mass is 32.2. The Bertz CT molecular complexity index is 1050. The fourth-order valence-electron chi connectivity index (χ4n) is 2.63. The van der Waals surface area contributed by atoms with Crippen LogP contribution < -0.4 is 10.0 Å². The highest BCUT2D eigenvalue weighted by molar-refractivity contribution is 7.98. The smallest absolute Gasteiger partial charge is 0.287 e. The summed E-state index contributed by atoms with van der Waals surface area (Å²) in [5.74, 6) is 0.591. The molecule has 0 saturated carbocycles. The van der Waals surface area contributed by atoms with Crippen LogP contribution in [-0.4, -0.2) is 21.4 Å². The monoisotopic (exact) mass is 430 g/mol.